The highest BCUT2D eigenvalue weighted by Gasteiger charge is 2.33. The van der Waals surface area contributed by atoms with Crippen LogP contribution in [0, 0.1) is 0 Å². The molecular formula is C26H33ClN2O2. The van der Waals surface area contributed by atoms with E-state index >= 15 is 0 Å². The highest BCUT2D eigenvalue weighted by atomic mass is 35.5. The van der Waals surface area contributed by atoms with Crippen molar-refractivity contribution < 1.29 is 9.53 Å². The number of carbonyl (C=O) groups excluding carboxylic acids is 1. The van der Waals surface area contributed by atoms with Gasteiger partial charge in [-0.3, -0.25) is 9.69 Å². The number of rotatable bonds is 8. The lowest BCUT2D eigenvalue weighted by Crippen LogP contribution is -2.49. The van der Waals surface area contributed by atoms with Crippen molar-refractivity contribution in [2.24, 2.45) is 0 Å². The first-order valence-electron chi connectivity index (χ1n) is 11.6. The van der Waals surface area contributed by atoms with E-state index in [0.29, 0.717) is 25.1 Å². The summed E-state index contributed by atoms with van der Waals surface area (Å²) in [4.78, 5) is 17.4. The van der Waals surface area contributed by atoms with Crippen molar-refractivity contribution in [2.75, 3.05) is 26.2 Å². The van der Waals surface area contributed by atoms with Gasteiger partial charge in [-0.1, -0.05) is 54.1 Å². The predicted octanol–water partition coefficient (Wildman–Crippen LogP) is 4.94. The van der Waals surface area contributed by atoms with Crippen molar-refractivity contribution >= 4 is 17.5 Å². The molecule has 2 aromatic rings. The van der Waals surface area contributed by atoms with Gasteiger partial charge in [0.15, 0.2) is 0 Å². The van der Waals surface area contributed by atoms with Crippen molar-refractivity contribution in [2.45, 2.75) is 57.2 Å². The minimum absolute atomic E-state index is 0.266. The van der Waals surface area contributed by atoms with Crippen LogP contribution in [0.25, 0.3) is 0 Å². The SMILES string of the molecule is O=C(CCc1cccc(Cl)c1)N1CCC(N2CCCC2COCc2ccccc2)CC1. The lowest BCUT2D eigenvalue weighted by Gasteiger charge is -2.39. The Morgan fingerprint density at radius 1 is 0.968 bits per heavy atom. The Labute approximate surface area is 191 Å². The molecule has 1 amide bonds. The molecule has 31 heavy (non-hydrogen) atoms. The second-order valence-corrected chi connectivity index (χ2v) is 9.21. The molecule has 2 aliphatic heterocycles. The third kappa shape index (κ3) is 6.31. The maximum atomic E-state index is 12.7. The van der Waals surface area contributed by atoms with Crippen LogP contribution in [0.4, 0.5) is 0 Å². The first-order chi connectivity index (χ1) is 15.2. The van der Waals surface area contributed by atoms with Gasteiger partial charge in [-0.2, -0.15) is 0 Å². The maximum absolute atomic E-state index is 12.7. The standard InChI is InChI=1S/C26H33ClN2O2/c27-23-9-4-8-21(18-23)11-12-26(30)28-16-13-24(14-17-28)29-15-5-10-25(29)20-31-19-22-6-2-1-3-7-22/h1-4,6-9,18,24-25H,5,10-17,19-20H2. The van der Waals surface area contributed by atoms with E-state index in [2.05, 4.69) is 34.1 Å². The molecule has 2 saturated heterocycles. The minimum atomic E-state index is 0.266. The monoisotopic (exact) mass is 440 g/mol. The van der Waals surface area contributed by atoms with Crippen molar-refractivity contribution in [1.82, 2.24) is 9.80 Å². The van der Waals surface area contributed by atoms with Crippen LogP contribution in [-0.4, -0.2) is 54.0 Å². The van der Waals surface area contributed by atoms with Gasteiger partial charge in [0.25, 0.3) is 0 Å². The highest BCUT2D eigenvalue weighted by Crippen LogP contribution is 2.27. The fraction of sp³-hybridized carbons (Fsp3) is 0.500. The van der Waals surface area contributed by atoms with Crippen LogP contribution in [0.2, 0.25) is 5.02 Å². The Morgan fingerprint density at radius 3 is 2.52 bits per heavy atom. The molecular weight excluding hydrogens is 408 g/mol. The van der Waals surface area contributed by atoms with E-state index in [1.54, 1.807) is 0 Å². The van der Waals surface area contributed by atoms with Crippen LogP contribution in [0.3, 0.4) is 0 Å². The van der Waals surface area contributed by atoms with Gasteiger partial charge < -0.3 is 9.64 Å². The molecule has 0 spiro atoms. The van der Waals surface area contributed by atoms with E-state index < -0.39 is 0 Å². The maximum Gasteiger partial charge on any atom is 0.222 e. The summed E-state index contributed by atoms with van der Waals surface area (Å²) >= 11 is 6.05. The van der Waals surface area contributed by atoms with E-state index in [1.807, 2.05) is 30.3 Å². The molecule has 1 unspecified atom stereocenters. The molecule has 2 fully saturated rings. The van der Waals surface area contributed by atoms with Crippen LogP contribution in [0.5, 0.6) is 0 Å². The van der Waals surface area contributed by atoms with E-state index in [9.17, 15) is 4.79 Å². The second kappa shape index (κ2) is 11.1. The molecule has 0 saturated carbocycles. The smallest absolute Gasteiger partial charge is 0.222 e. The molecule has 166 valence electrons. The molecule has 0 bridgehead atoms. The topological polar surface area (TPSA) is 32.8 Å². The molecule has 2 heterocycles. The zero-order valence-electron chi connectivity index (χ0n) is 18.2. The number of amides is 1. The summed E-state index contributed by atoms with van der Waals surface area (Å²) < 4.78 is 6.05. The molecule has 4 nitrogen and oxygen atoms in total. The lowest BCUT2D eigenvalue weighted by molar-refractivity contribution is -0.132. The summed E-state index contributed by atoms with van der Waals surface area (Å²) in [6, 6.07) is 19.3. The van der Waals surface area contributed by atoms with Crippen LogP contribution < -0.4 is 0 Å². The number of nitrogens with zero attached hydrogens (tertiary/aromatic N) is 2. The number of piperidine rings is 1. The Hall–Kier alpha value is -1.88. The molecule has 2 aliphatic rings. The summed E-state index contributed by atoms with van der Waals surface area (Å²) in [5.74, 6) is 0.266. The number of ether oxygens (including phenoxy) is 1. The average Bonchev–Trinajstić information content (AvgIpc) is 3.27. The van der Waals surface area contributed by atoms with Crippen LogP contribution in [0.15, 0.2) is 54.6 Å². The largest absolute Gasteiger partial charge is 0.375 e. The summed E-state index contributed by atoms with van der Waals surface area (Å²) in [5.41, 5.74) is 2.36. The fourth-order valence-corrected chi connectivity index (χ4v) is 5.17. The molecule has 0 radical (unpaired) electrons. The van der Waals surface area contributed by atoms with Gasteiger partial charge in [0.05, 0.1) is 13.2 Å². The van der Waals surface area contributed by atoms with Gasteiger partial charge >= 0.3 is 0 Å². The van der Waals surface area contributed by atoms with E-state index in [-0.39, 0.29) is 5.91 Å². The number of hydrogen-bond acceptors (Lipinski definition) is 3. The van der Waals surface area contributed by atoms with Gasteiger partial charge in [0, 0.05) is 36.6 Å². The van der Waals surface area contributed by atoms with Crippen LogP contribution >= 0.6 is 11.6 Å². The number of hydrogen-bond donors (Lipinski definition) is 0. The molecule has 0 N–H and O–H groups in total. The summed E-state index contributed by atoms with van der Waals surface area (Å²) in [5, 5.41) is 0.735. The molecule has 4 rings (SSSR count). The van der Waals surface area contributed by atoms with Gasteiger partial charge in [-0.25, -0.2) is 0 Å². The van der Waals surface area contributed by atoms with Gasteiger partial charge in [-0.15, -0.1) is 0 Å². The number of benzene rings is 2. The normalized spacial score (nSPS) is 20.3. The predicted molar refractivity (Wildman–Crippen MR) is 125 cm³/mol. The molecule has 0 aromatic heterocycles. The Morgan fingerprint density at radius 2 is 1.74 bits per heavy atom. The van der Waals surface area contributed by atoms with Crippen molar-refractivity contribution in [1.29, 1.82) is 0 Å². The first-order valence-corrected chi connectivity index (χ1v) is 12.0. The summed E-state index contributed by atoms with van der Waals surface area (Å²) in [6.45, 7) is 4.38. The third-order valence-electron chi connectivity index (χ3n) is 6.65. The highest BCUT2D eigenvalue weighted by molar-refractivity contribution is 6.30. The third-order valence-corrected chi connectivity index (χ3v) is 6.88. The number of halogens is 1. The molecule has 1 atom stereocenters. The first kappa shape index (κ1) is 22.3. The molecule has 2 aromatic carbocycles. The van der Waals surface area contributed by atoms with Gasteiger partial charge in [-0.05, 0) is 61.9 Å². The van der Waals surface area contributed by atoms with E-state index in [0.717, 1.165) is 56.1 Å². The Balaban J connectivity index is 1.20. The van der Waals surface area contributed by atoms with E-state index in [4.69, 9.17) is 16.3 Å². The quantitative estimate of drug-likeness (QED) is 0.582. The number of carbonyl (C=O) groups is 1. The van der Waals surface area contributed by atoms with Crippen molar-refractivity contribution in [3.8, 4) is 0 Å². The van der Waals surface area contributed by atoms with Crippen LogP contribution in [-0.2, 0) is 22.6 Å². The molecule has 0 aliphatic carbocycles. The summed E-state index contributed by atoms with van der Waals surface area (Å²) in [6.07, 6.45) is 5.92. The van der Waals surface area contributed by atoms with Crippen molar-refractivity contribution in [3.05, 3.63) is 70.7 Å². The zero-order valence-corrected chi connectivity index (χ0v) is 19.0. The van der Waals surface area contributed by atoms with E-state index in [1.165, 1.54) is 18.4 Å². The Bertz CT molecular complexity index is 836. The number of likely N-dealkylation sites (tertiary alicyclic amines) is 2. The van der Waals surface area contributed by atoms with Crippen molar-refractivity contribution in [3.63, 3.8) is 0 Å². The second-order valence-electron chi connectivity index (χ2n) is 8.78. The zero-order chi connectivity index (χ0) is 21.5. The van der Waals surface area contributed by atoms with Crippen LogP contribution in [0.1, 0.15) is 43.2 Å². The summed E-state index contributed by atoms with van der Waals surface area (Å²) in [7, 11) is 0. The van der Waals surface area contributed by atoms with Gasteiger partial charge in [0.2, 0.25) is 5.91 Å². The lowest BCUT2D eigenvalue weighted by atomic mass is 10.0. The minimum Gasteiger partial charge on any atom is -0.375 e. The number of aryl methyl sites for hydroxylation is 1. The fourth-order valence-electron chi connectivity index (χ4n) is 4.95. The average molecular weight is 441 g/mol. The Kier molecular flexibility index (Phi) is 8.01. The molecule has 5 heteroatoms. The van der Waals surface area contributed by atoms with Gasteiger partial charge in [0.1, 0.15) is 0 Å².